The van der Waals surface area contributed by atoms with Crippen LogP contribution in [0.25, 0.3) is 21.2 Å². The molecule has 2 aromatic heterocycles. The molecule has 0 saturated carbocycles. The largest absolute Gasteiger partial charge is 0.493 e. The molecular formula is C14H14N2O4S. The molecule has 0 aliphatic heterocycles. The third kappa shape index (κ3) is 2.14. The minimum atomic E-state index is -0.203. The van der Waals surface area contributed by atoms with Gasteiger partial charge in [-0.05, 0) is 6.07 Å². The number of rotatable bonds is 3. The van der Waals surface area contributed by atoms with Crippen LogP contribution in [0.4, 0.5) is 0 Å². The Morgan fingerprint density at radius 2 is 2.14 bits per heavy atom. The number of aryl methyl sites for hydroxylation is 1. The Labute approximate surface area is 124 Å². The smallest absolute Gasteiger partial charge is 0.287 e. The quantitative estimate of drug-likeness (QED) is 0.696. The van der Waals surface area contributed by atoms with Crippen LogP contribution < -0.4 is 4.74 Å². The minimum Gasteiger partial charge on any atom is -0.493 e. The Balaban J connectivity index is 2.26. The molecular weight excluding hydrogens is 292 g/mol. The highest BCUT2D eigenvalue weighted by molar-refractivity contribution is 7.21. The summed E-state index contributed by atoms with van der Waals surface area (Å²) in [6.07, 6.45) is 0. The number of carbonyl (C=O) groups excluding carboxylic acids is 1. The lowest BCUT2D eigenvalue weighted by Crippen LogP contribution is -2.24. The normalized spacial score (nSPS) is 11.2. The molecule has 7 heteroatoms. The van der Waals surface area contributed by atoms with Crippen LogP contribution in [-0.2, 0) is 4.84 Å². The van der Waals surface area contributed by atoms with Crippen LogP contribution in [0.1, 0.15) is 15.6 Å². The summed E-state index contributed by atoms with van der Waals surface area (Å²) < 4.78 is 11.8. The molecule has 0 unspecified atom stereocenters. The Morgan fingerprint density at radius 3 is 2.81 bits per heavy atom. The Morgan fingerprint density at radius 1 is 1.38 bits per heavy atom. The number of oxazole rings is 1. The molecule has 21 heavy (non-hydrogen) atoms. The van der Waals surface area contributed by atoms with Gasteiger partial charge in [0, 0.05) is 30.1 Å². The maximum absolute atomic E-state index is 12.2. The average molecular weight is 306 g/mol. The highest BCUT2D eigenvalue weighted by Crippen LogP contribution is 2.38. The van der Waals surface area contributed by atoms with E-state index < -0.39 is 0 Å². The molecule has 0 atom stereocenters. The van der Waals surface area contributed by atoms with Crippen LogP contribution in [0.5, 0.6) is 5.75 Å². The van der Waals surface area contributed by atoms with Crippen LogP contribution in [0.15, 0.2) is 16.5 Å². The van der Waals surface area contributed by atoms with Crippen LogP contribution in [-0.4, -0.2) is 37.2 Å². The Bertz CT molecular complexity index is 836. The monoisotopic (exact) mass is 306 g/mol. The van der Waals surface area contributed by atoms with E-state index in [9.17, 15) is 4.79 Å². The molecule has 0 fully saturated rings. The zero-order valence-electron chi connectivity index (χ0n) is 12.1. The van der Waals surface area contributed by atoms with Crippen LogP contribution >= 0.6 is 11.3 Å². The molecule has 0 saturated heterocycles. The number of nitrogens with zero attached hydrogens (tertiary/aromatic N) is 2. The zero-order chi connectivity index (χ0) is 15.1. The van der Waals surface area contributed by atoms with E-state index in [0.29, 0.717) is 27.6 Å². The predicted octanol–water partition coefficient (Wildman–Crippen LogP) is 2.99. The fourth-order valence-corrected chi connectivity index (χ4v) is 3.21. The first-order chi connectivity index (χ1) is 10.0. The molecule has 0 N–H and O–H groups in total. The summed E-state index contributed by atoms with van der Waals surface area (Å²) >= 11 is 1.37. The maximum Gasteiger partial charge on any atom is 0.287 e. The first-order valence-corrected chi connectivity index (χ1v) is 7.06. The van der Waals surface area contributed by atoms with Gasteiger partial charge in [0.25, 0.3) is 5.91 Å². The molecule has 3 rings (SSSR count). The molecule has 1 amide bonds. The van der Waals surface area contributed by atoms with Crippen molar-refractivity contribution in [1.82, 2.24) is 10.0 Å². The number of fused-ring (bicyclic) bond motifs is 3. The molecule has 0 aliphatic carbocycles. The van der Waals surface area contributed by atoms with Crippen molar-refractivity contribution in [1.29, 1.82) is 0 Å². The Hall–Kier alpha value is -2.12. The molecule has 110 valence electrons. The minimum absolute atomic E-state index is 0.203. The number of hydrogen-bond acceptors (Lipinski definition) is 6. The topological polar surface area (TPSA) is 64.8 Å². The standard InChI is InChI=1S/C14H14N2O4S/c1-7-15-12-8-5-11(14(17)16(2)19-4)21-10(8)6-9(18-3)13(12)20-7/h5-6H,1-4H3. The van der Waals surface area contributed by atoms with Crippen molar-refractivity contribution in [3.63, 3.8) is 0 Å². The summed E-state index contributed by atoms with van der Waals surface area (Å²) in [6, 6.07) is 3.66. The molecule has 1 aromatic carbocycles. The van der Waals surface area contributed by atoms with Gasteiger partial charge in [0.05, 0.1) is 19.1 Å². The van der Waals surface area contributed by atoms with Gasteiger partial charge < -0.3 is 9.15 Å². The highest BCUT2D eigenvalue weighted by Gasteiger charge is 2.20. The number of methoxy groups -OCH3 is 1. The van der Waals surface area contributed by atoms with Gasteiger partial charge >= 0.3 is 0 Å². The molecule has 2 heterocycles. The molecule has 0 aliphatic rings. The van der Waals surface area contributed by atoms with E-state index in [1.54, 1.807) is 21.1 Å². The van der Waals surface area contributed by atoms with Crippen molar-refractivity contribution in [2.75, 3.05) is 21.3 Å². The van der Waals surface area contributed by atoms with Gasteiger partial charge in [-0.3, -0.25) is 9.63 Å². The van der Waals surface area contributed by atoms with Gasteiger partial charge in [-0.15, -0.1) is 11.3 Å². The SMILES string of the molecule is COc1cc2sc(C(=O)N(C)OC)cc2c2nc(C)oc12. The van der Waals surface area contributed by atoms with E-state index in [2.05, 4.69) is 4.98 Å². The number of hydrogen-bond donors (Lipinski definition) is 0. The fourth-order valence-electron chi connectivity index (χ4n) is 2.15. The van der Waals surface area contributed by atoms with E-state index in [4.69, 9.17) is 14.0 Å². The third-order valence-corrected chi connectivity index (χ3v) is 4.30. The van der Waals surface area contributed by atoms with Crippen molar-refractivity contribution in [2.45, 2.75) is 6.92 Å². The second-order valence-corrected chi connectivity index (χ2v) is 5.58. The maximum atomic E-state index is 12.2. The summed E-state index contributed by atoms with van der Waals surface area (Å²) in [5.74, 6) is 0.967. The van der Waals surface area contributed by atoms with Crippen LogP contribution in [0, 0.1) is 6.92 Å². The molecule has 6 nitrogen and oxygen atoms in total. The van der Waals surface area contributed by atoms with Gasteiger partial charge in [-0.25, -0.2) is 10.0 Å². The molecule has 0 spiro atoms. The van der Waals surface area contributed by atoms with Gasteiger partial charge in [-0.2, -0.15) is 0 Å². The van der Waals surface area contributed by atoms with Crippen molar-refractivity contribution < 1.29 is 18.8 Å². The lowest BCUT2D eigenvalue weighted by atomic mass is 10.2. The number of ether oxygens (including phenoxy) is 1. The lowest BCUT2D eigenvalue weighted by molar-refractivity contribution is -0.0753. The molecule has 0 bridgehead atoms. The number of hydroxylamine groups is 2. The van der Waals surface area contributed by atoms with Crippen LogP contribution in [0.2, 0.25) is 0 Å². The summed E-state index contributed by atoms with van der Waals surface area (Å²) in [4.78, 5) is 22.1. The molecule has 3 aromatic rings. The van der Waals surface area contributed by atoms with E-state index in [1.165, 1.54) is 23.5 Å². The number of aromatic nitrogens is 1. The highest BCUT2D eigenvalue weighted by atomic mass is 32.1. The second kappa shape index (κ2) is 5.01. The number of thiophene rings is 1. The van der Waals surface area contributed by atoms with Crippen molar-refractivity contribution in [3.05, 3.63) is 22.9 Å². The van der Waals surface area contributed by atoms with Crippen LogP contribution in [0.3, 0.4) is 0 Å². The molecule has 0 radical (unpaired) electrons. The van der Waals surface area contributed by atoms with E-state index in [1.807, 2.05) is 12.1 Å². The summed E-state index contributed by atoms with van der Waals surface area (Å²) in [5, 5.41) is 2.06. The summed E-state index contributed by atoms with van der Waals surface area (Å²) in [7, 11) is 4.60. The van der Waals surface area contributed by atoms with Gasteiger partial charge in [-0.1, -0.05) is 0 Å². The third-order valence-electron chi connectivity index (χ3n) is 3.23. The summed E-state index contributed by atoms with van der Waals surface area (Å²) in [6.45, 7) is 1.78. The first-order valence-electron chi connectivity index (χ1n) is 6.25. The van der Waals surface area contributed by atoms with E-state index in [-0.39, 0.29) is 5.91 Å². The van der Waals surface area contributed by atoms with Crippen molar-refractivity contribution in [3.8, 4) is 5.75 Å². The number of carbonyl (C=O) groups is 1. The lowest BCUT2D eigenvalue weighted by Gasteiger charge is -2.11. The Kier molecular flexibility index (Phi) is 3.30. The van der Waals surface area contributed by atoms with Crippen molar-refractivity contribution in [2.24, 2.45) is 0 Å². The number of benzene rings is 1. The average Bonchev–Trinajstić information content (AvgIpc) is 3.06. The van der Waals surface area contributed by atoms with E-state index >= 15 is 0 Å². The number of amides is 1. The predicted molar refractivity (Wildman–Crippen MR) is 79.8 cm³/mol. The zero-order valence-corrected chi connectivity index (χ0v) is 12.9. The fraction of sp³-hybridized carbons (Fsp3) is 0.286. The second-order valence-electron chi connectivity index (χ2n) is 4.50. The van der Waals surface area contributed by atoms with Gasteiger partial charge in [0.1, 0.15) is 5.52 Å². The van der Waals surface area contributed by atoms with Crippen molar-refractivity contribution >= 4 is 38.4 Å². The van der Waals surface area contributed by atoms with Gasteiger partial charge in [0.15, 0.2) is 17.2 Å². The summed E-state index contributed by atoms with van der Waals surface area (Å²) in [5.41, 5.74) is 1.30. The van der Waals surface area contributed by atoms with Gasteiger partial charge in [0.2, 0.25) is 0 Å². The first kappa shape index (κ1) is 13.8. The van der Waals surface area contributed by atoms with E-state index in [0.717, 1.165) is 10.1 Å².